The van der Waals surface area contributed by atoms with E-state index < -0.39 is 10.0 Å². The zero-order valence-electron chi connectivity index (χ0n) is 18.3. The molecule has 0 aliphatic heterocycles. The van der Waals surface area contributed by atoms with Crippen LogP contribution in [0.3, 0.4) is 0 Å². The van der Waals surface area contributed by atoms with E-state index in [9.17, 15) is 17.6 Å². The van der Waals surface area contributed by atoms with Gasteiger partial charge in [0.15, 0.2) is 0 Å². The van der Waals surface area contributed by atoms with Gasteiger partial charge in [0.2, 0.25) is 10.0 Å². The van der Waals surface area contributed by atoms with Crippen molar-refractivity contribution in [1.82, 2.24) is 9.78 Å². The molecule has 2 N–H and O–H groups in total. The number of aromatic nitrogens is 2. The summed E-state index contributed by atoms with van der Waals surface area (Å²) in [5.41, 5.74) is 3.03. The molecule has 4 rings (SSSR count). The van der Waals surface area contributed by atoms with E-state index in [1.807, 2.05) is 6.92 Å². The minimum atomic E-state index is -3.45. The Morgan fingerprint density at radius 1 is 1.12 bits per heavy atom. The smallest absolute Gasteiger partial charge is 0.265 e. The van der Waals surface area contributed by atoms with Crippen LogP contribution in [0.1, 0.15) is 34.3 Å². The SMILES string of the molecule is CCCS(=O)(=O)Nc1cccc(NC(=O)c2cc3c(C)nn(-c4ccc(F)cc4)c3s2)c1C. The van der Waals surface area contributed by atoms with E-state index in [0.717, 1.165) is 15.9 Å². The molecule has 0 bridgehead atoms. The van der Waals surface area contributed by atoms with E-state index in [1.165, 1.54) is 23.5 Å². The number of halogens is 1. The number of sulfonamides is 1. The number of rotatable bonds is 7. The third-order valence-corrected chi connectivity index (χ3v) is 7.75. The van der Waals surface area contributed by atoms with Gasteiger partial charge >= 0.3 is 0 Å². The molecule has 0 spiro atoms. The third-order valence-electron chi connectivity index (χ3n) is 5.16. The second-order valence-corrected chi connectivity index (χ2v) is 10.5. The number of nitrogens with one attached hydrogen (secondary N) is 2. The van der Waals surface area contributed by atoms with Gasteiger partial charge in [0.05, 0.1) is 27.7 Å². The monoisotopic (exact) mass is 486 g/mol. The van der Waals surface area contributed by atoms with E-state index in [-0.39, 0.29) is 17.5 Å². The average Bonchev–Trinajstić information content (AvgIpc) is 3.32. The molecule has 0 atom stereocenters. The molecule has 2 aromatic heterocycles. The zero-order chi connectivity index (χ0) is 23.8. The van der Waals surface area contributed by atoms with Gasteiger partial charge in [-0.15, -0.1) is 11.3 Å². The first kappa shape index (κ1) is 22.9. The number of aryl methyl sites for hydroxylation is 1. The Morgan fingerprint density at radius 2 is 1.82 bits per heavy atom. The van der Waals surface area contributed by atoms with Crippen LogP contribution in [-0.4, -0.2) is 29.9 Å². The van der Waals surface area contributed by atoms with Crippen molar-refractivity contribution >= 4 is 48.9 Å². The molecule has 1 amide bonds. The number of amides is 1. The number of hydrogen-bond donors (Lipinski definition) is 2. The highest BCUT2D eigenvalue weighted by molar-refractivity contribution is 7.92. The Hall–Kier alpha value is -3.24. The number of carbonyl (C=O) groups is 1. The van der Waals surface area contributed by atoms with Gasteiger partial charge in [-0.3, -0.25) is 9.52 Å². The Morgan fingerprint density at radius 3 is 2.52 bits per heavy atom. The highest BCUT2D eigenvalue weighted by Crippen LogP contribution is 2.32. The van der Waals surface area contributed by atoms with Gasteiger partial charge in [-0.2, -0.15) is 5.10 Å². The molecule has 7 nitrogen and oxygen atoms in total. The summed E-state index contributed by atoms with van der Waals surface area (Å²) in [4.78, 5) is 14.3. The molecule has 2 aromatic carbocycles. The maximum Gasteiger partial charge on any atom is 0.265 e. The second kappa shape index (κ2) is 8.95. The lowest BCUT2D eigenvalue weighted by Gasteiger charge is -2.14. The molecule has 172 valence electrons. The van der Waals surface area contributed by atoms with Gasteiger partial charge in [-0.1, -0.05) is 13.0 Å². The molecule has 0 aliphatic carbocycles. The van der Waals surface area contributed by atoms with Crippen LogP contribution in [0.15, 0.2) is 48.5 Å². The van der Waals surface area contributed by atoms with Crippen LogP contribution < -0.4 is 10.0 Å². The standard InChI is InChI=1S/C23H23FN4O3S2/c1-4-12-33(30,31)27-20-7-5-6-19(14(20)2)25-22(29)21-13-18-15(3)26-28(23(18)32-21)17-10-8-16(24)9-11-17/h5-11,13,27H,4,12H2,1-3H3,(H,25,29). The molecule has 0 saturated carbocycles. The molecular weight excluding hydrogens is 463 g/mol. The molecular formula is C23H23FN4O3S2. The van der Waals surface area contributed by atoms with E-state index in [0.29, 0.717) is 33.9 Å². The predicted molar refractivity (Wildman–Crippen MR) is 130 cm³/mol. The van der Waals surface area contributed by atoms with Gasteiger partial charge in [0.1, 0.15) is 10.6 Å². The van der Waals surface area contributed by atoms with Gasteiger partial charge < -0.3 is 5.32 Å². The van der Waals surface area contributed by atoms with E-state index in [2.05, 4.69) is 15.1 Å². The Balaban J connectivity index is 1.62. The van der Waals surface area contributed by atoms with Crippen LogP contribution in [0.25, 0.3) is 15.9 Å². The van der Waals surface area contributed by atoms with Crippen molar-refractivity contribution < 1.29 is 17.6 Å². The fourth-order valence-corrected chi connectivity index (χ4v) is 5.74. The lowest BCUT2D eigenvalue weighted by molar-refractivity contribution is 0.103. The minimum absolute atomic E-state index is 0.0231. The second-order valence-electron chi connectivity index (χ2n) is 7.66. The summed E-state index contributed by atoms with van der Waals surface area (Å²) >= 11 is 1.28. The highest BCUT2D eigenvalue weighted by atomic mass is 32.2. The van der Waals surface area contributed by atoms with Gasteiger partial charge in [0, 0.05) is 11.1 Å². The fourth-order valence-electron chi connectivity index (χ4n) is 3.47. The molecule has 33 heavy (non-hydrogen) atoms. The molecule has 0 saturated heterocycles. The Bertz CT molecular complexity index is 1440. The van der Waals surface area contributed by atoms with Crippen LogP contribution in [0, 0.1) is 19.7 Å². The Kier molecular flexibility index (Phi) is 6.22. The van der Waals surface area contributed by atoms with E-state index >= 15 is 0 Å². The number of anilines is 2. The number of benzene rings is 2. The topological polar surface area (TPSA) is 93.1 Å². The van der Waals surface area contributed by atoms with Gasteiger partial charge in [0.25, 0.3) is 5.91 Å². The lowest BCUT2D eigenvalue weighted by atomic mass is 10.1. The van der Waals surface area contributed by atoms with E-state index in [4.69, 9.17) is 0 Å². The summed E-state index contributed by atoms with van der Waals surface area (Å²) in [6.07, 6.45) is 0.505. The molecule has 0 aliphatic rings. The third kappa shape index (κ3) is 4.76. The summed E-state index contributed by atoms with van der Waals surface area (Å²) in [5.74, 6) is -0.618. The van der Waals surface area contributed by atoms with Crippen LogP contribution in [0.5, 0.6) is 0 Å². The molecule has 10 heteroatoms. The van der Waals surface area contributed by atoms with Crippen molar-refractivity contribution in [2.75, 3.05) is 15.8 Å². The summed E-state index contributed by atoms with van der Waals surface area (Å²) < 4.78 is 41.9. The van der Waals surface area contributed by atoms with Crippen molar-refractivity contribution in [1.29, 1.82) is 0 Å². The first-order valence-corrected chi connectivity index (χ1v) is 12.8. The highest BCUT2D eigenvalue weighted by Gasteiger charge is 2.19. The van der Waals surface area contributed by atoms with Crippen molar-refractivity contribution in [2.45, 2.75) is 27.2 Å². The average molecular weight is 487 g/mol. The first-order chi connectivity index (χ1) is 15.7. The number of nitrogens with zero attached hydrogens (tertiary/aromatic N) is 2. The quantitative estimate of drug-likeness (QED) is 0.373. The van der Waals surface area contributed by atoms with Crippen LogP contribution in [-0.2, 0) is 10.0 Å². The number of hydrogen-bond acceptors (Lipinski definition) is 5. The maximum atomic E-state index is 13.3. The summed E-state index contributed by atoms with van der Waals surface area (Å²) in [7, 11) is -3.45. The predicted octanol–water partition coefficient (Wildman–Crippen LogP) is 5.25. The summed E-state index contributed by atoms with van der Waals surface area (Å²) in [5, 5.41) is 8.24. The lowest BCUT2D eigenvalue weighted by Crippen LogP contribution is -2.18. The molecule has 4 aromatic rings. The van der Waals surface area contributed by atoms with Crippen molar-refractivity contribution in [2.24, 2.45) is 0 Å². The zero-order valence-corrected chi connectivity index (χ0v) is 20.0. The van der Waals surface area contributed by atoms with E-state index in [1.54, 1.807) is 54.9 Å². The fraction of sp³-hybridized carbons (Fsp3) is 0.217. The van der Waals surface area contributed by atoms with Crippen molar-refractivity contribution in [3.63, 3.8) is 0 Å². The number of thiophene rings is 1. The number of fused-ring (bicyclic) bond motifs is 1. The van der Waals surface area contributed by atoms with Crippen LogP contribution in [0.4, 0.5) is 15.8 Å². The molecule has 0 unspecified atom stereocenters. The Labute approximate surface area is 195 Å². The van der Waals surface area contributed by atoms with Gasteiger partial charge in [-0.25, -0.2) is 17.5 Å². The largest absolute Gasteiger partial charge is 0.321 e. The molecule has 2 heterocycles. The van der Waals surface area contributed by atoms with Crippen LogP contribution in [0.2, 0.25) is 0 Å². The molecule has 0 fully saturated rings. The van der Waals surface area contributed by atoms with Crippen molar-refractivity contribution in [3.8, 4) is 5.69 Å². The van der Waals surface area contributed by atoms with Crippen molar-refractivity contribution in [3.05, 3.63) is 70.5 Å². The normalized spacial score (nSPS) is 11.6. The number of carbonyl (C=O) groups excluding carboxylic acids is 1. The first-order valence-electron chi connectivity index (χ1n) is 10.3. The maximum absolute atomic E-state index is 13.3. The molecule has 0 radical (unpaired) electrons. The van der Waals surface area contributed by atoms with Crippen LogP contribution >= 0.6 is 11.3 Å². The minimum Gasteiger partial charge on any atom is -0.321 e. The summed E-state index contributed by atoms with van der Waals surface area (Å²) in [6, 6.07) is 12.9. The van der Waals surface area contributed by atoms with Gasteiger partial charge in [-0.05, 0) is 68.3 Å². The summed E-state index contributed by atoms with van der Waals surface area (Å²) in [6.45, 7) is 5.40.